The van der Waals surface area contributed by atoms with Crippen molar-refractivity contribution >= 4 is 16.6 Å². The van der Waals surface area contributed by atoms with E-state index in [1.54, 1.807) is 23.8 Å². The molecule has 0 amide bonds. The van der Waals surface area contributed by atoms with Crippen LogP contribution in [0.1, 0.15) is 27.5 Å². The van der Waals surface area contributed by atoms with Crippen LogP contribution in [0.15, 0.2) is 71.5 Å². The van der Waals surface area contributed by atoms with Crippen LogP contribution in [0.3, 0.4) is 0 Å². The zero-order valence-corrected chi connectivity index (χ0v) is 21.9. The van der Waals surface area contributed by atoms with Gasteiger partial charge >= 0.3 is 0 Å². The molecule has 1 aliphatic heterocycles. The third kappa shape index (κ3) is 3.81. The Morgan fingerprint density at radius 2 is 1.50 bits per heavy atom. The quantitative estimate of drug-likeness (QED) is 0.342. The third-order valence-corrected chi connectivity index (χ3v) is 7.95. The van der Waals surface area contributed by atoms with Crippen molar-refractivity contribution in [3.05, 3.63) is 93.8 Å². The third-order valence-electron chi connectivity index (χ3n) is 7.95. The molecule has 1 saturated heterocycles. The van der Waals surface area contributed by atoms with E-state index in [-0.39, 0.29) is 17.4 Å². The lowest BCUT2D eigenvalue weighted by molar-refractivity contribution is 0.101. The summed E-state index contributed by atoms with van der Waals surface area (Å²) in [5.41, 5.74) is 3.61. The maximum Gasteiger partial charge on any atom is 0.262 e. The maximum absolute atomic E-state index is 14.4. The summed E-state index contributed by atoms with van der Waals surface area (Å²) in [6.45, 7) is 4.12. The number of fused-ring (bicyclic) bond motifs is 5. The van der Waals surface area contributed by atoms with E-state index in [0.717, 1.165) is 37.3 Å². The van der Waals surface area contributed by atoms with Crippen LogP contribution in [0.4, 0.5) is 0 Å². The van der Waals surface area contributed by atoms with Gasteiger partial charge < -0.3 is 18.9 Å². The van der Waals surface area contributed by atoms with Crippen molar-refractivity contribution in [2.24, 2.45) is 0 Å². The molecule has 38 heavy (non-hydrogen) atoms. The first kappa shape index (κ1) is 24.4. The zero-order valence-electron chi connectivity index (χ0n) is 21.9. The van der Waals surface area contributed by atoms with Crippen LogP contribution in [-0.4, -0.2) is 67.6 Å². The van der Waals surface area contributed by atoms with Gasteiger partial charge in [0.05, 0.1) is 36.9 Å². The Labute approximate surface area is 221 Å². The molecule has 0 N–H and O–H groups in total. The topological polar surface area (TPSA) is 64.0 Å². The number of benzene rings is 3. The SMILES string of the molecule is COc1ccc2c3c(n(C[C@H](c4ccccc4)N4CCN(C)CC4)c(=O)c2c1OC)-c1ccccc1C3=O. The molecule has 7 heteroatoms. The summed E-state index contributed by atoms with van der Waals surface area (Å²) in [5.74, 6) is 0.744. The van der Waals surface area contributed by atoms with Crippen LogP contribution in [0, 0.1) is 0 Å². The maximum atomic E-state index is 14.4. The minimum absolute atomic E-state index is 0.0383. The van der Waals surface area contributed by atoms with Crippen LogP contribution < -0.4 is 15.0 Å². The van der Waals surface area contributed by atoms with Crippen molar-refractivity contribution in [3.63, 3.8) is 0 Å². The minimum Gasteiger partial charge on any atom is -0.493 e. The molecule has 4 aromatic rings. The van der Waals surface area contributed by atoms with E-state index >= 15 is 0 Å². The standard InChI is InChI=1S/C31H31N3O4/c1-32-15-17-33(18-16-32)24(20-9-5-4-6-10-20)19-34-28-21-11-7-8-12-22(21)29(35)26(28)23-13-14-25(37-2)30(38-3)27(23)31(34)36/h4-14,24H,15-19H2,1-3H3/t24-/m1/s1. The fourth-order valence-corrected chi connectivity index (χ4v) is 5.97. The van der Waals surface area contributed by atoms with Gasteiger partial charge in [-0.25, -0.2) is 0 Å². The number of likely N-dealkylation sites (N-methyl/N-ethyl adjacent to an activating group) is 1. The number of pyridine rings is 1. The molecule has 7 nitrogen and oxygen atoms in total. The molecular formula is C31H31N3O4. The second-order valence-corrected chi connectivity index (χ2v) is 10.0. The number of hydrogen-bond donors (Lipinski definition) is 0. The first-order valence-corrected chi connectivity index (χ1v) is 13.0. The highest BCUT2D eigenvalue weighted by Crippen LogP contribution is 2.43. The molecule has 0 spiro atoms. The molecule has 1 atom stereocenters. The van der Waals surface area contributed by atoms with Crippen molar-refractivity contribution in [2.75, 3.05) is 47.4 Å². The number of piperazine rings is 1. The van der Waals surface area contributed by atoms with Crippen LogP contribution in [-0.2, 0) is 6.54 Å². The minimum atomic E-state index is -0.186. The van der Waals surface area contributed by atoms with Crippen molar-refractivity contribution in [2.45, 2.75) is 12.6 Å². The van der Waals surface area contributed by atoms with E-state index in [4.69, 9.17) is 9.47 Å². The highest BCUT2D eigenvalue weighted by Gasteiger charge is 2.35. The fraction of sp³-hybridized carbons (Fsp3) is 0.290. The van der Waals surface area contributed by atoms with Crippen LogP contribution >= 0.6 is 0 Å². The molecule has 2 aliphatic rings. The first-order valence-electron chi connectivity index (χ1n) is 13.0. The predicted molar refractivity (Wildman–Crippen MR) is 148 cm³/mol. The highest BCUT2D eigenvalue weighted by atomic mass is 16.5. The molecule has 6 rings (SSSR count). The van der Waals surface area contributed by atoms with Gasteiger partial charge in [-0.1, -0.05) is 54.6 Å². The highest BCUT2D eigenvalue weighted by molar-refractivity contribution is 6.27. The Morgan fingerprint density at radius 1 is 0.816 bits per heavy atom. The summed E-state index contributed by atoms with van der Waals surface area (Å²) < 4.78 is 13.0. The number of nitrogens with zero attached hydrogens (tertiary/aromatic N) is 3. The van der Waals surface area contributed by atoms with E-state index in [0.29, 0.717) is 45.6 Å². The molecule has 0 radical (unpaired) electrons. The van der Waals surface area contributed by atoms with E-state index < -0.39 is 0 Å². The van der Waals surface area contributed by atoms with Crippen LogP contribution in [0.25, 0.3) is 22.0 Å². The van der Waals surface area contributed by atoms with Gasteiger partial charge in [0.2, 0.25) is 0 Å². The molecule has 2 heterocycles. The first-order chi connectivity index (χ1) is 18.5. The predicted octanol–water partition coefficient (Wildman–Crippen LogP) is 4.22. The Bertz CT molecular complexity index is 1590. The van der Waals surface area contributed by atoms with Gasteiger partial charge in [0.25, 0.3) is 5.56 Å². The molecular weight excluding hydrogens is 478 g/mol. The lowest BCUT2D eigenvalue weighted by atomic mass is 10.00. The molecule has 1 aromatic heterocycles. The van der Waals surface area contributed by atoms with Gasteiger partial charge in [-0.3, -0.25) is 14.5 Å². The number of rotatable bonds is 6. The van der Waals surface area contributed by atoms with Crippen molar-refractivity contribution in [3.8, 4) is 22.8 Å². The number of ketones is 1. The summed E-state index contributed by atoms with van der Waals surface area (Å²) >= 11 is 0. The van der Waals surface area contributed by atoms with E-state index in [9.17, 15) is 9.59 Å². The Morgan fingerprint density at radius 3 is 2.18 bits per heavy atom. The Hall–Kier alpha value is -3.94. The Balaban J connectivity index is 1.63. The number of carbonyl (C=O) groups is 1. The summed E-state index contributed by atoms with van der Waals surface area (Å²) in [4.78, 5) is 33.0. The average Bonchev–Trinajstić information content (AvgIpc) is 3.25. The molecule has 0 saturated carbocycles. The van der Waals surface area contributed by atoms with Gasteiger partial charge in [-0.15, -0.1) is 0 Å². The van der Waals surface area contributed by atoms with E-state index in [1.807, 2.05) is 42.5 Å². The van der Waals surface area contributed by atoms with Crippen molar-refractivity contribution in [1.82, 2.24) is 14.4 Å². The number of hydrogen-bond acceptors (Lipinski definition) is 6. The second-order valence-electron chi connectivity index (χ2n) is 10.0. The molecule has 0 unspecified atom stereocenters. The van der Waals surface area contributed by atoms with Gasteiger partial charge in [-0.05, 0) is 24.7 Å². The van der Waals surface area contributed by atoms with Crippen LogP contribution in [0.5, 0.6) is 11.5 Å². The Kier molecular flexibility index (Phi) is 6.26. The molecule has 0 bridgehead atoms. The summed E-state index contributed by atoms with van der Waals surface area (Å²) in [5, 5.41) is 0.966. The lowest BCUT2D eigenvalue weighted by Crippen LogP contribution is -2.47. The fourth-order valence-electron chi connectivity index (χ4n) is 5.97. The molecule has 3 aromatic carbocycles. The van der Waals surface area contributed by atoms with Gasteiger partial charge in [-0.2, -0.15) is 0 Å². The number of carbonyl (C=O) groups excluding carboxylic acids is 1. The summed E-state index contributed by atoms with van der Waals surface area (Å²) in [6.07, 6.45) is 0. The number of ether oxygens (including phenoxy) is 2. The smallest absolute Gasteiger partial charge is 0.262 e. The summed E-state index contributed by atoms with van der Waals surface area (Å²) in [6, 6.07) is 21.4. The largest absolute Gasteiger partial charge is 0.493 e. The lowest BCUT2D eigenvalue weighted by Gasteiger charge is -2.38. The summed E-state index contributed by atoms with van der Waals surface area (Å²) in [7, 11) is 5.22. The van der Waals surface area contributed by atoms with E-state index in [1.165, 1.54) is 7.11 Å². The molecule has 194 valence electrons. The van der Waals surface area contributed by atoms with Gasteiger partial charge in [0.15, 0.2) is 17.3 Å². The normalized spacial score (nSPS) is 16.3. The average molecular weight is 510 g/mol. The number of methoxy groups -OCH3 is 2. The van der Waals surface area contributed by atoms with E-state index in [2.05, 4.69) is 29.0 Å². The molecule has 1 aliphatic carbocycles. The zero-order chi connectivity index (χ0) is 26.4. The number of aromatic nitrogens is 1. The van der Waals surface area contributed by atoms with Crippen LogP contribution in [0.2, 0.25) is 0 Å². The van der Waals surface area contributed by atoms with Gasteiger partial charge in [0, 0.05) is 49.2 Å². The van der Waals surface area contributed by atoms with Gasteiger partial charge in [0.1, 0.15) is 0 Å². The monoisotopic (exact) mass is 509 g/mol. The van der Waals surface area contributed by atoms with Crippen molar-refractivity contribution < 1.29 is 14.3 Å². The van der Waals surface area contributed by atoms with Crippen molar-refractivity contribution in [1.29, 1.82) is 0 Å². The molecule has 1 fully saturated rings. The second kappa shape index (κ2) is 9.74.